The third-order valence-corrected chi connectivity index (χ3v) is 5.70. The third kappa shape index (κ3) is 6.26. The van der Waals surface area contributed by atoms with Gasteiger partial charge in [-0.25, -0.2) is 9.59 Å². The van der Waals surface area contributed by atoms with Gasteiger partial charge < -0.3 is 20.8 Å². The molecule has 4 aromatic rings. The second-order valence-corrected chi connectivity index (χ2v) is 8.22. The van der Waals surface area contributed by atoms with E-state index in [1.807, 2.05) is 84.9 Å². The summed E-state index contributed by atoms with van der Waals surface area (Å²) in [6.07, 6.45) is 0.697. The van der Waals surface area contributed by atoms with E-state index in [-0.39, 0.29) is 0 Å². The third-order valence-electron chi connectivity index (χ3n) is 5.70. The predicted octanol–water partition coefficient (Wildman–Crippen LogP) is 5.75. The molecule has 0 saturated heterocycles. The number of carbonyl (C=O) groups is 2. The van der Waals surface area contributed by atoms with Crippen LogP contribution in [-0.4, -0.2) is 22.2 Å². The van der Waals surface area contributed by atoms with Crippen LogP contribution in [0.25, 0.3) is 0 Å². The molecule has 0 aliphatic carbocycles. The van der Waals surface area contributed by atoms with Gasteiger partial charge in [0.25, 0.3) is 0 Å². The molecule has 0 heterocycles. The number of benzene rings is 4. The fourth-order valence-corrected chi connectivity index (χ4v) is 3.87. The molecule has 4 aromatic carbocycles. The zero-order valence-electron chi connectivity index (χ0n) is 19.0. The Morgan fingerprint density at radius 2 is 0.886 bits per heavy atom. The van der Waals surface area contributed by atoms with Crippen molar-refractivity contribution in [2.75, 3.05) is 10.6 Å². The van der Waals surface area contributed by atoms with E-state index in [0.717, 1.165) is 22.5 Å². The van der Waals surface area contributed by atoms with E-state index in [1.54, 1.807) is 24.3 Å². The molecule has 0 unspecified atom stereocenters. The molecule has 0 aliphatic heterocycles. The van der Waals surface area contributed by atoms with Crippen LogP contribution in [0, 0.1) is 0 Å². The standard InChI is InChI=1S/C29H26N2O4/c32-28(33)26(22-7-3-1-4-8-22)30-24-15-11-20(12-16-24)19-21-13-17-25(18-14-21)31-27(29(34)35)23-9-5-2-6-10-23/h1-18,26-27,30-31H,19H2,(H,32,33)(H,34,35)/t26-,27-/m1/s1. The zero-order chi connectivity index (χ0) is 24.6. The second kappa shape index (κ2) is 11.0. The first kappa shape index (κ1) is 23.6. The molecule has 176 valence electrons. The van der Waals surface area contributed by atoms with Crippen molar-refractivity contribution in [2.24, 2.45) is 0 Å². The lowest BCUT2D eigenvalue weighted by Crippen LogP contribution is -2.20. The first-order chi connectivity index (χ1) is 17.0. The van der Waals surface area contributed by atoms with Crippen LogP contribution in [0.3, 0.4) is 0 Å². The Morgan fingerprint density at radius 1 is 0.543 bits per heavy atom. The van der Waals surface area contributed by atoms with E-state index in [4.69, 9.17) is 0 Å². The Bertz CT molecular complexity index is 1160. The maximum atomic E-state index is 11.7. The van der Waals surface area contributed by atoms with Gasteiger partial charge in [0.1, 0.15) is 0 Å². The normalized spacial score (nSPS) is 12.3. The van der Waals surface area contributed by atoms with Crippen molar-refractivity contribution in [1.82, 2.24) is 0 Å². The largest absolute Gasteiger partial charge is 0.479 e. The van der Waals surface area contributed by atoms with E-state index in [0.29, 0.717) is 17.5 Å². The van der Waals surface area contributed by atoms with Gasteiger partial charge >= 0.3 is 11.9 Å². The van der Waals surface area contributed by atoms with Gasteiger partial charge in [0.15, 0.2) is 12.1 Å². The summed E-state index contributed by atoms with van der Waals surface area (Å²) in [4.78, 5) is 23.4. The van der Waals surface area contributed by atoms with Gasteiger partial charge in [0, 0.05) is 11.4 Å². The molecule has 0 aliphatic rings. The molecule has 6 heteroatoms. The van der Waals surface area contributed by atoms with Crippen molar-refractivity contribution in [2.45, 2.75) is 18.5 Å². The van der Waals surface area contributed by atoms with Crippen LogP contribution in [0.4, 0.5) is 11.4 Å². The molecule has 6 nitrogen and oxygen atoms in total. The molecule has 4 rings (SSSR count). The minimum Gasteiger partial charge on any atom is -0.479 e. The van der Waals surface area contributed by atoms with Crippen LogP contribution >= 0.6 is 0 Å². The van der Waals surface area contributed by atoms with Crippen molar-refractivity contribution < 1.29 is 19.8 Å². The summed E-state index contributed by atoms with van der Waals surface area (Å²) < 4.78 is 0. The Kier molecular flexibility index (Phi) is 7.43. The smallest absolute Gasteiger partial charge is 0.330 e. The monoisotopic (exact) mass is 466 g/mol. The molecular formula is C29H26N2O4. The molecule has 35 heavy (non-hydrogen) atoms. The Morgan fingerprint density at radius 3 is 1.20 bits per heavy atom. The summed E-state index contributed by atoms with van der Waals surface area (Å²) in [5.41, 5.74) is 4.99. The zero-order valence-corrected chi connectivity index (χ0v) is 19.0. The number of hydrogen-bond acceptors (Lipinski definition) is 4. The number of carboxylic acid groups (broad SMARTS) is 2. The molecule has 0 aromatic heterocycles. The molecule has 0 spiro atoms. The molecule has 0 amide bonds. The molecular weight excluding hydrogens is 440 g/mol. The Hall–Kier alpha value is -4.58. The highest BCUT2D eigenvalue weighted by molar-refractivity contribution is 5.80. The summed E-state index contributed by atoms with van der Waals surface area (Å²) >= 11 is 0. The SMILES string of the molecule is O=C(O)[C@H](Nc1ccc(Cc2ccc(N[C@@H](C(=O)O)c3ccccc3)cc2)cc1)c1ccccc1. The van der Waals surface area contributed by atoms with E-state index >= 15 is 0 Å². The van der Waals surface area contributed by atoms with Crippen LogP contribution in [0.2, 0.25) is 0 Å². The summed E-state index contributed by atoms with van der Waals surface area (Å²) in [6, 6.07) is 31.9. The van der Waals surface area contributed by atoms with E-state index in [9.17, 15) is 19.8 Å². The van der Waals surface area contributed by atoms with Gasteiger partial charge in [-0.1, -0.05) is 84.9 Å². The number of anilines is 2. The van der Waals surface area contributed by atoms with Crippen molar-refractivity contribution in [3.63, 3.8) is 0 Å². The van der Waals surface area contributed by atoms with Crippen molar-refractivity contribution in [3.05, 3.63) is 131 Å². The molecule has 0 radical (unpaired) electrons. The summed E-state index contributed by atoms with van der Waals surface area (Å²) in [5.74, 6) is -1.88. The topological polar surface area (TPSA) is 98.7 Å². The van der Waals surface area contributed by atoms with Crippen LogP contribution in [0.5, 0.6) is 0 Å². The lowest BCUT2D eigenvalue weighted by Gasteiger charge is -2.17. The summed E-state index contributed by atoms with van der Waals surface area (Å²) in [7, 11) is 0. The van der Waals surface area contributed by atoms with Crippen LogP contribution in [0.1, 0.15) is 34.3 Å². The van der Waals surface area contributed by atoms with Crippen molar-refractivity contribution >= 4 is 23.3 Å². The molecule has 0 bridgehead atoms. The van der Waals surface area contributed by atoms with Gasteiger partial charge in [-0.2, -0.15) is 0 Å². The van der Waals surface area contributed by atoms with E-state index < -0.39 is 24.0 Å². The minimum absolute atomic E-state index is 0.690. The van der Waals surface area contributed by atoms with Crippen molar-refractivity contribution in [3.8, 4) is 0 Å². The number of rotatable bonds is 10. The molecule has 2 atom stereocenters. The number of hydrogen-bond donors (Lipinski definition) is 4. The fraction of sp³-hybridized carbons (Fsp3) is 0.103. The van der Waals surface area contributed by atoms with Crippen molar-refractivity contribution in [1.29, 1.82) is 0 Å². The van der Waals surface area contributed by atoms with Crippen LogP contribution in [-0.2, 0) is 16.0 Å². The first-order valence-electron chi connectivity index (χ1n) is 11.3. The average Bonchev–Trinajstić information content (AvgIpc) is 2.88. The van der Waals surface area contributed by atoms with Crippen LogP contribution in [0.15, 0.2) is 109 Å². The number of aliphatic carboxylic acids is 2. The highest BCUT2D eigenvalue weighted by atomic mass is 16.4. The lowest BCUT2D eigenvalue weighted by molar-refractivity contribution is -0.139. The second-order valence-electron chi connectivity index (χ2n) is 8.22. The van der Waals surface area contributed by atoms with Gasteiger partial charge in [-0.3, -0.25) is 0 Å². The minimum atomic E-state index is -0.939. The molecule has 0 saturated carbocycles. The maximum Gasteiger partial charge on any atom is 0.330 e. The van der Waals surface area contributed by atoms with Gasteiger partial charge in [-0.15, -0.1) is 0 Å². The maximum absolute atomic E-state index is 11.7. The highest BCUT2D eigenvalue weighted by Crippen LogP contribution is 2.23. The van der Waals surface area contributed by atoms with Crippen LogP contribution < -0.4 is 10.6 Å². The summed E-state index contributed by atoms with van der Waals surface area (Å²) in [5, 5.41) is 25.4. The van der Waals surface area contributed by atoms with E-state index in [2.05, 4.69) is 10.6 Å². The Labute approximate surface area is 203 Å². The predicted molar refractivity (Wildman–Crippen MR) is 137 cm³/mol. The number of carboxylic acids is 2. The average molecular weight is 467 g/mol. The summed E-state index contributed by atoms with van der Waals surface area (Å²) in [6.45, 7) is 0. The number of nitrogens with one attached hydrogen (secondary N) is 2. The lowest BCUT2D eigenvalue weighted by atomic mass is 10.0. The Balaban J connectivity index is 1.39. The molecule has 4 N–H and O–H groups in total. The molecule has 0 fully saturated rings. The van der Waals surface area contributed by atoms with Gasteiger partial charge in [-0.05, 0) is 52.9 Å². The first-order valence-corrected chi connectivity index (χ1v) is 11.3. The van der Waals surface area contributed by atoms with Gasteiger partial charge in [0.05, 0.1) is 0 Å². The van der Waals surface area contributed by atoms with Gasteiger partial charge in [0.2, 0.25) is 0 Å². The van der Waals surface area contributed by atoms with E-state index in [1.165, 1.54) is 0 Å². The highest BCUT2D eigenvalue weighted by Gasteiger charge is 2.20. The quantitative estimate of drug-likeness (QED) is 0.237. The fourth-order valence-electron chi connectivity index (χ4n) is 3.87.